The largest absolute Gasteiger partial charge is 0.269 e. The van der Waals surface area contributed by atoms with Crippen LogP contribution in [0.3, 0.4) is 0 Å². The highest BCUT2D eigenvalue weighted by Gasteiger charge is -0.0775. The quantitative estimate of drug-likeness (QED) is 0.468. The van der Waals surface area contributed by atoms with E-state index in [4.69, 9.17) is 0 Å². The molecule has 0 aliphatic rings. The minimum absolute atomic E-state index is 0. The summed E-state index contributed by atoms with van der Waals surface area (Å²) in [6, 6.07) is 0. The van der Waals surface area contributed by atoms with Gasteiger partial charge in [-0.2, -0.15) is 0 Å². The maximum atomic E-state index is 0. The summed E-state index contributed by atoms with van der Waals surface area (Å²) in [5.41, 5.74) is 0. The monoisotopic (exact) mass is 156 g/mol. The van der Waals surface area contributed by atoms with Crippen molar-refractivity contribution in [1.82, 2.24) is 0 Å². The molecule has 0 saturated heterocycles. The summed E-state index contributed by atoms with van der Waals surface area (Å²) in [6.07, 6.45) is 0. The predicted octanol–water partition coefficient (Wildman–Crippen LogP) is 1.70. The molecule has 0 aliphatic carbocycles. The van der Waals surface area contributed by atoms with E-state index in [1.54, 1.807) is 0 Å². The fourth-order valence-electron chi connectivity index (χ4n) is 0. The van der Waals surface area contributed by atoms with Crippen LogP contribution in [-0.4, -0.2) is 0 Å². The van der Waals surface area contributed by atoms with E-state index in [2.05, 4.69) is 0 Å². The van der Waals surface area contributed by atoms with E-state index in [9.17, 15) is 0 Å². The third kappa shape index (κ3) is 467. The highest BCUT2D eigenvalue weighted by Crippen LogP contribution is 0.426. The standard InChI is InChI=1S/CH4.7FH/h1H4;7*1H. The molecule has 0 unspecified atom stereocenters. The molecule has 8 heavy (non-hydrogen) atoms. The predicted molar refractivity (Wildman–Crippen MR) is 24.3 cm³/mol. The Kier molecular flexibility index (Phi) is 136000. The van der Waals surface area contributed by atoms with Crippen LogP contribution in [0.25, 0.3) is 0 Å². The fraction of sp³-hybridized carbons (Fsp3) is 1.00. The summed E-state index contributed by atoms with van der Waals surface area (Å²) in [5.74, 6) is 0. The molecule has 0 bridgehead atoms. The normalized spacial score (nSPS) is 0. The van der Waals surface area contributed by atoms with Crippen LogP contribution in [0, 0.1) is 0 Å². The average molecular weight is 156 g/mol. The maximum Gasteiger partial charge on any atom is -0.0776 e. The second kappa shape index (κ2) is 823. The fourth-order valence-corrected chi connectivity index (χ4v) is 0. The van der Waals surface area contributed by atoms with Gasteiger partial charge in [-0.3, -0.25) is 32.9 Å². The molecule has 64 valence electrons. The first-order chi connectivity index (χ1) is 0. The molecule has 0 atom stereocenters. The van der Waals surface area contributed by atoms with E-state index >= 15 is 0 Å². The molecule has 0 aromatic carbocycles. The zero-order valence-corrected chi connectivity index (χ0v) is 2.86. The van der Waals surface area contributed by atoms with Gasteiger partial charge in [0.15, 0.2) is 0 Å². The van der Waals surface area contributed by atoms with Crippen molar-refractivity contribution in [3.63, 3.8) is 0 Å². The van der Waals surface area contributed by atoms with Crippen molar-refractivity contribution in [1.29, 1.82) is 0 Å². The number of hydrogen-bond donors (Lipinski definition) is 0. The first-order valence-corrected chi connectivity index (χ1v) is 0. The maximum absolute atomic E-state index is 0. The summed E-state index contributed by atoms with van der Waals surface area (Å²) >= 11 is 0. The van der Waals surface area contributed by atoms with Gasteiger partial charge in [-0.05, 0) is 0 Å². The van der Waals surface area contributed by atoms with E-state index in [-0.39, 0.29) is 40.4 Å². The van der Waals surface area contributed by atoms with Crippen LogP contribution >= 0.6 is 0 Å². The van der Waals surface area contributed by atoms with Gasteiger partial charge in [-0.1, -0.05) is 7.43 Å². The molecule has 0 aromatic heterocycles. The number of rotatable bonds is 0. The van der Waals surface area contributed by atoms with E-state index in [1.807, 2.05) is 0 Å². The van der Waals surface area contributed by atoms with Crippen molar-refractivity contribution in [2.45, 2.75) is 7.43 Å². The Hall–Kier alpha value is -0.490. The van der Waals surface area contributed by atoms with Crippen LogP contribution in [-0.2, 0) is 0 Å². The Morgan fingerprint density at radius 1 is 0.250 bits per heavy atom. The van der Waals surface area contributed by atoms with Gasteiger partial charge in [0, 0.05) is 0 Å². The van der Waals surface area contributed by atoms with E-state index in [0.29, 0.717) is 0 Å². The summed E-state index contributed by atoms with van der Waals surface area (Å²) in [5, 5.41) is 0. The van der Waals surface area contributed by atoms with E-state index < -0.39 is 0 Å². The zero-order chi connectivity index (χ0) is 0. The smallest absolute Gasteiger partial charge is 0.0776 e. The van der Waals surface area contributed by atoms with E-state index in [1.165, 1.54) is 0 Å². The molecule has 0 radical (unpaired) electrons. The topological polar surface area (TPSA) is 0 Å². The van der Waals surface area contributed by atoms with Gasteiger partial charge < -0.3 is 0 Å². The average Bonchev–Trinajstić information content (AvgIpc) is 0. The van der Waals surface area contributed by atoms with Crippen LogP contribution in [0.1, 0.15) is 7.43 Å². The third-order valence-corrected chi connectivity index (χ3v) is 0. The number of halogens is 7. The van der Waals surface area contributed by atoms with Gasteiger partial charge in [0.05, 0.1) is 0 Å². The van der Waals surface area contributed by atoms with Gasteiger partial charge in [0.2, 0.25) is 0 Å². The summed E-state index contributed by atoms with van der Waals surface area (Å²) in [6.45, 7) is 0. The van der Waals surface area contributed by atoms with Gasteiger partial charge in [0.25, 0.3) is 0 Å². The lowest BCUT2D eigenvalue weighted by Crippen LogP contribution is 0.144. The van der Waals surface area contributed by atoms with Crippen LogP contribution in [0.2, 0.25) is 0 Å². The van der Waals surface area contributed by atoms with Crippen LogP contribution in [0.15, 0.2) is 0 Å². The molecule has 0 fully saturated rings. The molecule has 0 spiro atoms. The Bertz CT molecular complexity index is 4.35. The molecule has 0 amide bonds. The summed E-state index contributed by atoms with van der Waals surface area (Å²) < 4.78 is 0. The first kappa shape index (κ1) is 1330. The molecule has 0 aromatic rings. The van der Waals surface area contributed by atoms with Crippen molar-refractivity contribution in [2.75, 3.05) is 0 Å². The Balaban J connectivity index is 0. The summed E-state index contributed by atoms with van der Waals surface area (Å²) in [7, 11) is 0. The van der Waals surface area contributed by atoms with Crippen molar-refractivity contribution in [3.05, 3.63) is 0 Å². The highest BCUT2D eigenvalue weighted by atomic mass is 19.0. The molecular formula is CH11F7. The highest BCUT2D eigenvalue weighted by molar-refractivity contribution is 2.50. The molecule has 7 heteroatoms. The minimum atomic E-state index is 0. The lowest BCUT2D eigenvalue weighted by molar-refractivity contribution is 1.11. The molecular weight excluding hydrogens is 145 g/mol. The zero-order valence-electron chi connectivity index (χ0n) is 2.86. The molecule has 0 saturated carbocycles. The molecule has 0 rings (SSSR count). The number of hydrogen-bond acceptors (Lipinski definition) is 0. The Morgan fingerprint density at radius 2 is 0.250 bits per heavy atom. The lowest BCUT2D eigenvalue weighted by Gasteiger charge is -0.270. The van der Waals surface area contributed by atoms with Crippen LogP contribution in [0.4, 0.5) is 32.9 Å². The van der Waals surface area contributed by atoms with E-state index in [0.717, 1.165) is 0 Å². The van der Waals surface area contributed by atoms with Crippen molar-refractivity contribution >= 4 is 0 Å². The molecule has 0 aliphatic heterocycles. The molecule has 0 heterocycles. The van der Waals surface area contributed by atoms with Gasteiger partial charge >= 0.3 is 0 Å². The lowest BCUT2D eigenvalue weighted by atomic mass is 12.0. The van der Waals surface area contributed by atoms with Gasteiger partial charge in [-0.15, -0.1) is 0 Å². The second-order valence-electron chi connectivity index (χ2n) is 0. The molecule has 0 N–H and O–H groups in total. The second-order valence-corrected chi connectivity index (χ2v) is 0. The molecule has 0 nitrogen and oxygen atoms in total. The van der Waals surface area contributed by atoms with Crippen molar-refractivity contribution in [3.8, 4) is 0 Å². The third-order valence-electron chi connectivity index (χ3n) is 0. The van der Waals surface area contributed by atoms with Gasteiger partial charge in [-0.25, -0.2) is 0 Å². The minimum Gasteiger partial charge on any atom is -0.269 e. The first-order valence-electron chi connectivity index (χ1n) is 0. The van der Waals surface area contributed by atoms with Crippen LogP contribution in [0.5, 0.6) is 0 Å². The SMILES string of the molecule is C.F.F.F.F.F.F.F. The van der Waals surface area contributed by atoms with Crippen molar-refractivity contribution in [2.24, 2.45) is 0 Å². The van der Waals surface area contributed by atoms with Crippen molar-refractivity contribution < 1.29 is 32.9 Å². The Labute approximate surface area is 41.8 Å². The Morgan fingerprint density at radius 3 is 0.250 bits per heavy atom. The van der Waals surface area contributed by atoms with Crippen LogP contribution < -0.4 is 0 Å². The van der Waals surface area contributed by atoms with Gasteiger partial charge in [0.1, 0.15) is 0 Å². The summed E-state index contributed by atoms with van der Waals surface area (Å²) in [4.78, 5) is 0.